The van der Waals surface area contributed by atoms with Crippen LogP contribution in [0.1, 0.15) is 22.3 Å². The van der Waals surface area contributed by atoms with Gasteiger partial charge in [0.15, 0.2) is 5.69 Å². The number of pyridine rings is 1. The van der Waals surface area contributed by atoms with Crippen LogP contribution < -0.4 is 29.6 Å². The first-order chi connectivity index (χ1) is 7.36. The summed E-state index contributed by atoms with van der Waals surface area (Å²) in [5.41, 5.74) is -0.741. The minimum absolute atomic E-state index is 0. The predicted octanol–water partition coefficient (Wildman–Crippen LogP) is -3.22. The number of carboxylic acids is 2. The molecule has 0 unspecified atom stereocenters. The zero-order chi connectivity index (χ0) is 12.7. The first-order valence-corrected chi connectivity index (χ1v) is 4.84. The van der Waals surface area contributed by atoms with Gasteiger partial charge in [0.2, 0.25) is 0 Å². The van der Waals surface area contributed by atoms with Crippen molar-refractivity contribution in [2.75, 3.05) is 0 Å². The van der Waals surface area contributed by atoms with Crippen LogP contribution in [0.3, 0.4) is 0 Å². The summed E-state index contributed by atoms with van der Waals surface area (Å²) in [5, 5.41) is 17.0. The Morgan fingerprint density at radius 3 is 1.89 bits per heavy atom. The molecule has 0 aliphatic carbocycles. The molecule has 0 aliphatic heterocycles. The molecule has 8 nitrogen and oxygen atoms in total. The normalized spacial score (nSPS) is 8.22. The van der Waals surface area contributed by atoms with E-state index in [4.69, 9.17) is 24.9 Å². The van der Waals surface area contributed by atoms with E-state index in [0.717, 1.165) is 0 Å². The van der Waals surface area contributed by atoms with Crippen molar-refractivity contribution in [3.63, 3.8) is 0 Å². The second kappa shape index (κ2) is 12.0. The van der Waals surface area contributed by atoms with Crippen molar-refractivity contribution in [3.8, 4) is 0 Å². The zero-order valence-corrected chi connectivity index (χ0v) is 12.8. The summed E-state index contributed by atoms with van der Waals surface area (Å²) in [5.74, 6) is -2.63. The molecule has 0 saturated heterocycles. The van der Waals surface area contributed by atoms with E-state index < -0.39 is 26.2 Å². The van der Waals surface area contributed by atoms with E-state index in [9.17, 15) is 9.59 Å². The Morgan fingerprint density at radius 2 is 1.61 bits per heavy atom. The van der Waals surface area contributed by atoms with Gasteiger partial charge in [0.25, 0.3) is 0 Å². The maximum atomic E-state index is 10.4. The van der Waals surface area contributed by atoms with Crippen molar-refractivity contribution in [3.05, 3.63) is 29.6 Å². The quantitative estimate of drug-likeness (QED) is 0.280. The van der Waals surface area contributed by atoms with E-state index in [1.807, 2.05) is 0 Å². The summed E-state index contributed by atoms with van der Waals surface area (Å²) in [6, 6.07) is 2.56. The van der Waals surface area contributed by atoms with Gasteiger partial charge in [-0.15, -0.1) is 0 Å². The maximum absolute atomic E-state index is 10.4. The fourth-order valence-corrected chi connectivity index (χ4v) is 0.748. The van der Waals surface area contributed by atoms with Crippen LogP contribution in [0.4, 0.5) is 0 Å². The number of rotatable bonds is 2. The molecule has 1 heterocycles. The summed E-state index contributed by atoms with van der Waals surface area (Å²) in [6.45, 7) is 0. The molecule has 0 saturated carbocycles. The van der Waals surface area contributed by atoms with Crippen molar-refractivity contribution in [2.24, 2.45) is 0 Å². The molecule has 1 rings (SSSR count). The second-order valence-electron chi connectivity index (χ2n) is 2.28. The van der Waals surface area contributed by atoms with Crippen molar-refractivity contribution >= 4 is 20.5 Å². The number of hydrogen-bond donors (Lipinski definition) is 5. The fraction of sp³-hybridized carbons (Fsp3) is 0. The van der Waals surface area contributed by atoms with Gasteiger partial charge in [0, 0.05) is 23.3 Å². The van der Waals surface area contributed by atoms with Crippen molar-refractivity contribution in [2.45, 2.75) is 0 Å². The summed E-state index contributed by atoms with van der Waals surface area (Å²) >= 11 is 0. The van der Waals surface area contributed by atoms with Gasteiger partial charge in [0.05, 0.1) is 5.56 Å². The number of nitrogens with zero attached hydrogens (tertiary/aromatic N) is 1. The van der Waals surface area contributed by atoms with Gasteiger partial charge in [-0.1, -0.05) is 0 Å². The third kappa shape index (κ3) is 9.90. The van der Waals surface area contributed by atoms with Gasteiger partial charge in [-0.05, 0) is 12.1 Å². The van der Waals surface area contributed by atoms with E-state index in [1.165, 1.54) is 18.3 Å². The largest absolute Gasteiger partial charge is 1.00 e. The molecule has 101 valence electrons. The van der Waals surface area contributed by atoms with Crippen molar-refractivity contribution < 1.29 is 82.5 Å². The Morgan fingerprint density at radius 1 is 1.17 bits per heavy atom. The molecule has 18 heavy (non-hydrogen) atoms. The third-order valence-corrected chi connectivity index (χ3v) is 1.24. The molecule has 1 aromatic heterocycles. The molecular formula is C7H9CuNNaO7P. The number of aromatic nitrogens is 1. The summed E-state index contributed by atoms with van der Waals surface area (Å²) in [6.07, 6.45) is 1.23. The minimum atomic E-state index is -2.62. The Kier molecular flexibility index (Phi) is 15.3. The van der Waals surface area contributed by atoms with Crippen LogP contribution in [-0.2, 0) is 17.1 Å². The number of carbonyl (C=O) groups is 2. The molecule has 0 aliphatic rings. The fourth-order valence-electron chi connectivity index (χ4n) is 0.748. The Bertz CT molecular complexity index is 362. The number of aromatic carboxylic acids is 2. The smallest absolute Gasteiger partial charge is 1.00 e. The predicted molar refractivity (Wildman–Crippen MR) is 52.8 cm³/mol. The van der Waals surface area contributed by atoms with Crippen molar-refractivity contribution in [1.82, 2.24) is 4.98 Å². The Hall–Kier alpha value is -0.0805. The summed E-state index contributed by atoms with van der Waals surface area (Å²) in [4.78, 5) is 45.9. The van der Waals surface area contributed by atoms with Crippen molar-refractivity contribution in [1.29, 1.82) is 0 Å². The summed E-state index contributed by atoms with van der Waals surface area (Å²) < 4.78 is 0. The summed E-state index contributed by atoms with van der Waals surface area (Å²) in [7, 11) is -2.62. The third-order valence-electron chi connectivity index (χ3n) is 1.24. The molecule has 11 heteroatoms. The Labute approximate surface area is 137 Å². The van der Waals surface area contributed by atoms with Crippen LogP contribution >= 0.6 is 8.60 Å². The first-order valence-electron chi connectivity index (χ1n) is 3.64. The Balaban J connectivity index is -0.000000144. The molecular weight excluding hydrogens is 328 g/mol. The van der Waals surface area contributed by atoms with E-state index in [-0.39, 0.29) is 53.6 Å². The second-order valence-corrected chi connectivity index (χ2v) is 2.81. The van der Waals surface area contributed by atoms with Crippen LogP contribution in [0.25, 0.3) is 0 Å². The standard InChI is InChI=1S/C7H5NO4.Cu.Na.H3O3P.H/c9-6(10)4-2-1-3-8-5(4)7(11)12;;;1-4(2)3;/h1-3H,(H,9,10)(H,11,12);;;1-3H;/q;;+1;;-1. The van der Waals surface area contributed by atoms with Crippen LogP contribution in [0, 0.1) is 0 Å². The average Bonchev–Trinajstić information content (AvgIpc) is 2.16. The molecule has 0 fully saturated rings. The SMILES string of the molecule is O=C(O)c1cccnc1C(=O)O.OP(O)O.[Cu].[H-].[Na+]. The topological polar surface area (TPSA) is 148 Å². The zero-order valence-electron chi connectivity index (χ0n) is 9.98. The molecule has 0 spiro atoms. The molecule has 0 aromatic carbocycles. The van der Waals surface area contributed by atoms with Crippen LogP contribution in [-0.4, -0.2) is 41.8 Å². The average molecular weight is 337 g/mol. The molecule has 0 amide bonds. The van der Waals surface area contributed by atoms with Crippen LogP contribution in [0.5, 0.6) is 0 Å². The number of carboxylic acid groups (broad SMARTS) is 2. The van der Waals surface area contributed by atoms with E-state index in [1.54, 1.807) is 0 Å². The van der Waals surface area contributed by atoms with Gasteiger partial charge < -0.3 is 26.3 Å². The first kappa shape index (κ1) is 23.0. The maximum Gasteiger partial charge on any atom is 1.00 e. The monoisotopic (exact) mass is 336 g/mol. The molecule has 1 radical (unpaired) electrons. The minimum Gasteiger partial charge on any atom is -1.00 e. The van der Waals surface area contributed by atoms with E-state index in [0.29, 0.717) is 0 Å². The molecule has 1 aromatic rings. The van der Waals surface area contributed by atoms with E-state index >= 15 is 0 Å². The van der Waals surface area contributed by atoms with Gasteiger partial charge in [-0.2, -0.15) is 0 Å². The number of hydrogen-bond acceptors (Lipinski definition) is 6. The van der Waals surface area contributed by atoms with Gasteiger partial charge in [-0.3, -0.25) is 0 Å². The van der Waals surface area contributed by atoms with Gasteiger partial charge in [0.1, 0.15) is 0 Å². The van der Waals surface area contributed by atoms with Gasteiger partial charge in [-0.25, -0.2) is 14.6 Å². The van der Waals surface area contributed by atoms with E-state index in [2.05, 4.69) is 4.98 Å². The van der Waals surface area contributed by atoms with Gasteiger partial charge >= 0.3 is 50.1 Å². The molecule has 0 atom stereocenters. The van der Waals surface area contributed by atoms with Crippen LogP contribution in [0.15, 0.2) is 18.3 Å². The van der Waals surface area contributed by atoms with Crippen LogP contribution in [0.2, 0.25) is 0 Å². The molecule has 5 N–H and O–H groups in total. The molecule has 0 bridgehead atoms.